The second-order valence-electron chi connectivity index (χ2n) is 8.88. The molecule has 1 aromatic heterocycles. The van der Waals surface area contributed by atoms with E-state index in [-0.39, 0.29) is 17.4 Å². The van der Waals surface area contributed by atoms with Gasteiger partial charge in [0.1, 0.15) is 5.75 Å². The molecule has 0 bridgehead atoms. The highest BCUT2D eigenvalue weighted by Crippen LogP contribution is 2.32. The largest absolute Gasteiger partial charge is 0.504 e. The molecule has 8 nitrogen and oxygen atoms in total. The highest BCUT2D eigenvalue weighted by atomic mass is 32.1. The quantitative estimate of drug-likeness (QED) is 0.453. The number of hydrogen-bond donors (Lipinski definition) is 1. The van der Waals surface area contributed by atoms with Gasteiger partial charge in [0.15, 0.2) is 16.3 Å². The van der Waals surface area contributed by atoms with Gasteiger partial charge in [-0.3, -0.25) is 9.36 Å². The van der Waals surface area contributed by atoms with Gasteiger partial charge in [-0.25, -0.2) is 9.79 Å². The van der Waals surface area contributed by atoms with E-state index < -0.39 is 12.0 Å². The van der Waals surface area contributed by atoms with Crippen molar-refractivity contribution in [2.24, 2.45) is 4.99 Å². The summed E-state index contributed by atoms with van der Waals surface area (Å²) >= 11 is 1.23. The molecule has 0 spiro atoms. The number of allylic oxidation sites excluding steroid dienone is 1. The van der Waals surface area contributed by atoms with E-state index in [1.165, 1.54) is 24.5 Å². The van der Waals surface area contributed by atoms with Crippen LogP contribution in [-0.2, 0) is 9.53 Å². The van der Waals surface area contributed by atoms with Crippen LogP contribution in [0.4, 0.5) is 0 Å². The molecule has 0 aliphatic carbocycles. The van der Waals surface area contributed by atoms with Gasteiger partial charge in [0.2, 0.25) is 0 Å². The summed E-state index contributed by atoms with van der Waals surface area (Å²) < 4.78 is 18.4. The van der Waals surface area contributed by atoms with Crippen molar-refractivity contribution >= 4 is 23.4 Å². The third-order valence-electron chi connectivity index (χ3n) is 5.75. The Kier molecular flexibility index (Phi) is 7.83. The summed E-state index contributed by atoms with van der Waals surface area (Å²) in [7, 11) is 1.46. The molecular weight excluding hydrogens is 492 g/mol. The Morgan fingerprint density at radius 1 is 1.22 bits per heavy atom. The summed E-state index contributed by atoms with van der Waals surface area (Å²) in [4.78, 5) is 32.0. The van der Waals surface area contributed by atoms with Crippen molar-refractivity contribution in [1.82, 2.24) is 4.57 Å². The first-order chi connectivity index (χ1) is 17.7. The maximum atomic E-state index is 13.7. The van der Waals surface area contributed by atoms with Crippen LogP contribution in [0.15, 0.2) is 63.5 Å². The number of thiazole rings is 1. The van der Waals surface area contributed by atoms with Crippen molar-refractivity contribution in [3.05, 3.63) is 84.5 Å². The topological polar surface area (TPSA) is 99.4 Å². The Balaban J connectivity index is 1.88. The van der Waals surface area contributed by atoms with Gasteiger partial charge in [-0.15, -0.1) is 0 Å². The zero-order chi connectivity index (χ0) is 26.7. The molecule has 1 aliphatic heterocycles. The van der Waals surface area contributed by atoms with Gasteiger partial charge in [-0.2, -0.15) is 0 Å². The van der Waals surface area contributed by atoms with Crippen LogP contribution in [0.2, 0.25) is 0 Å². The third kappa shape index (κ3) is 5.46. The fourth-order valence-corrected chi connectivity index (χ4v) is 5.12. The third-order valence-corrected chi connectivity index (χ3v) is 6.74. The van der Waals surface area contributed by atoms with E-state index in [9.17, 15) is 14.7 Å². The van der Waals surface area contributed by atoms with Gasteiger partial charge < -0.3 is 19.3 Å². The maximum Gasteiger partial charge on any atom is 0.338 e. The van der Waals surface area contributed by atoms with Gasteiger partial charge in [-0.05, 0) is 68.7 Å². The number of fused-ring (bicyclic) bond motifs is 1. The number of benzene rings is 2. The van der Waals surface area contributed by atoms with Crippen molar-refractivity contribution in [2.45, 2.75) is 46.3 Å². The van der Waals surface area contributed by atoms with Crippen molar-refractivity contribution in [1.29, 1.82) is 0 Å². The predicted octanol–water partition coefficient (Wildman–Crippen LogP) is 3.69. The number of nitrogens with zero attached hydrogens (tertiary/aromatic N) is 2. The fraction of sp³-hybridized carbons (Fsp3) is 0.321. The molecule has 2 heterocycles. The minimum Gasteiger partial charge on any atom is -0.504 e. The second-order valence-corrected chi connectivity index (χ2v) is 9.89. The van der Waals surface area contributed by atoms with Crippen LogP contribution in [0.25, 0.3) is 6.08 Å². The van der Waals surface area contributed by atoms with Crippen LogP contribution in [0.1, 0.15) is 51.3 Å². The lowest BCUT2D eigenvalue weighted by Crippen LogP contribution is -2.40. The Labute approximate surface area is 218 Å². The number of aromatic nitrogens is 1. The number of phenolic OH excluding ortho intramolecular Hbond substituents is 1. The van der Waals surface area contributed by atoms with Gasteiger partial charge in [-0.1, -0.05) is 36.5 Å². The van der Waals surface area contributed by atoms with Gasteiger partial charge in [0, 0.05) is 0 Å². The van der Waals surface area contributed by atoms with E-state index in [0.29, 0.717) is 44.3 Å². The normalized spacial score (nSPS) is 15.4. The number of methoxy groups -OCH3 is 1. The Hall–Kier alpha value is -3.85. The molecule has 4 rings (SSSR count). The predicted molar refractivity (Wildman–Crippen MR) is 142 cm³/mol. The van der Waals surface area contributed by atoms with Crippen molar-refractivity contribution in [2.75, 3.05) is 13.7 Å². The number of hydrogen-bond acceptors (Lipinski definition) is 8. The molecule has 1 unspecified atom stereocenters. The van der Waals surface area contributed by atoms with E-state index in [1.54, 1.807) is 43.5 Å². The molecule has 194 valence electrons. The average Bonchev–Trinajstić information content (AvgIpc) is 3.17. The lowest BCUT2D eigenvalue weighted by atomic mass is 9.96. The van der Waals surface area contributed by atoms with E-state index >= 15 is 0 Å². The summed E-state index contributed by atoms with van der Waals surface area (Å²) in [6.45, 7) is 7.95. The fourth-order valence-electron chi connectivity index (χ4n) is 4.08. The molecule has 1 N–H and O–H groups in total. The number of esters is 1. The molecular formula is C28H30N2O6S. The van der Waals surface area contributed by atoms with Crippen molar-refractivity contribution < 1.29 is 24.1 Å². The van der Waals surface area contributed by atoms with Crippen LogP contribution in [0, 0.1) is 0 Å². The first-order valence-corrected chi connectivity index (χ1v) is 12.9. The number of ether oxygens (including phenoxy) is 3. The van der Waals surface area contributed by atoms with E-state index in [0.717, 1.165) is 12.0 Å². The molecule has 0 amide bonds. The molecule has 0 saturated heterocycles. The molecule has 9 heteroatoms. The lowest BCUT2D eigenvalue weighted by molar-refractivity contribution is -0.143. The van der Waals surface area contributed by atoms with Crippen LogP contribution >= 0.6 is 11.3 Å². The maximum absolute atomic E-state index is 13.7. The van der Waals surface area contributed by atoms with Crippen LogP contribution in [0.3, 0.4) is 0 Å². The zero-order valence-electron chi connectivity index (χ0n) is 21.5. The molecule has 1 aliphatic rings. The smallest absolute Gasteiger partial charge is 0.338 e. The number of rotatable bonds is 8. The summed E-state index contributed by atoms with van der Waals surface area (Å²) in [6, 6.07) is 11.5. The standard InChI is InChI=1S/C28H30N2O6S/c1-6-13-35-20-10-8-19(9-11-20)25-24(27(33)36-16(2)3)17(4)29-28-30(25)26(32)23(37-28)15-18-7-12-21(31)22(14-18)34-5/h7-12,14-16,25,31H,6,13H2,1-5H3. The van der Waals surface area contributed by atoms with E-state index in [2.05, 4.69) is 4.99 Å². The lowest BCUT2D eigenvalue weighted by Gasteiger charge is -2.25. The molecule has 0 fully saturated rings. The van der Waals surface area contributed by atoms with Crippen LogP contribution < -0.4 is 24.4 Å². The average molecular weight is 523 g/mol. The Morgan fingerprint density at radius 3 is 2.59 bits per heavy atom. The van der Waals surface area contributed by atoms with E-state index in [1.807, 2.05) is 31.2 Å². The number of carbonyl (C=O) groups excluding carboxylic acids is 1. The molecule has 2 aromatic carbocycles. The van der Waals surface area contributed by atoms with Gasteiger partial charge in [0.05, 0.1) is 41.7 Å². The highest BCUT2D eigenvalue weighted by molar-refractivity contribution is 7.07. The first-order valence-electron chi connectivity index (χ1n) is 12.1. The first kappa shape index (κ1) is 26.2. The number of aromatic hydroxyl groups is 1. The van der Waals surface area contributed by atoms with E-state index in [4.69, 9.17) is 14.2 Å². The van der Waals surface area contributed by atoms with Crippen LogP contribution in [0.5, 0.6) is 17.2 Å². The Bertz CT molecular complexity index is 1520. The van der Waals surface area contributed by atoms with Crippen molar-refractivity contribution in [3.63, 3.8) is 0 Å². The summed E-state index contributed by atoms with van der Waals surface area (Å²) in [5, 5.41) is 9.91. The Morgan fingerprint density at radius 2 is 1.95 bits per heavy atom. The SMILES string of the molecule is CCCOc1ccc(C2C(C(=O)OC(C)C)=C(C)N=c3sc(=Cc4ccc(O)c(OC)c4)c(=O)n32)cc1. The summed E-state index contributed by atoms with van der Waals surface area (Å²) in [5.74, 6) is 0.521. The molecule has 0 saturated carbocycles. The molecule has 0 radical (unpaired) electrons. The number of carbonyl (C=O) groups is 1. The summed E-state index contributed by atoms with van der Waals surface area (Å²) in [5.41, 5.74) is 1.97. The summed E-state index contributed by atoms with van der Waals surface area (Å²) in [6.07, 6.45) is 2.28. The van der Waals surface area contributed by atoms with Crippen LogP contribution in [-0.4, -0.2) is 35.5 Å². The second kappa shape index (κ2) is 11.0. The van der Waals surface area contributed by atoms with Crippen molar-refractivity contribution in [3.8, 4) is 17.2 Å². The van der Waals surface area contributed by atoms with Gasteiger partial charge >= 0.3 is 5.97 Å². The molecule has 37 heavy (non-hydrogen) atoms. The molecule has 3 aromatic rings. The number of phenols is 1. The molecule has 1 atom stereocenters. The minimum absolute atomic E-state index is 0.0106. The minimum atomic E-state index is -0.709. The monoisotopic (exact) mass is 522 g/mol. The van der Waals surface area contributed by atoms with Gasteiger partial charge in [0.25, 0.3) is 5.56 Å². The zero-order valence-corrected chi connectivity index (χ0v) is 22.3. The highest BCUT2D eigenvalue weighted by Gasteiger charge is 2.33.